The maximum atomic E-state index is 5.76. The van der Waals surface area contributed by atoms with Gasteiger partial charge in [0.1, 0.15) is 5.76 Å². The molecule has 1 rings (SSSR count). The molecule has 2 nitrogen and oxygen atoms in total. The van der Waals surface area contributed by atoms with Gasteiger partial charge in [0, 0.05) is 0 Å². The predicted molar refractivity (Wildman–Crippen MR) is 64.8 cm³/mol. The SMILES string of the molecule is CCCNC(C1=CCCCO1)C(C)(C)C. The van der Waals surface area contributed by atoms with Crippen molar-refractivity contribution >= 4 is 0 Å². The number of nitrogens with one attached hydrogen (secondary N) is 1. The second-order valence-corrected chi connectivity index (χ2v) is 5.35. The van der Waals surface area contributed by atoms with E-state index in [2.05, 4.69) is 39.1 Å². The number of allylic oxidation sites excluding steroid dienone is 1. The van der Waals surface area contributed by atoms with Crippen molar-refractivity contribution in [2.45, 2.75) is 53.0 Å². The molecule has 0 fully saturated rings. The van der Waals surface area contributed by atoms with Crippen molar-refractivity contribution in [1.29, 1.82) is 0 Å². The molecule has 0 radical (unpaired) electrons. The molecule has 0 saturated carbocycles. The van der Waals surface area contributed by atoms with Crippen LogP contribution in [0.15, 0.2) is 11.8 Å². The van der Waals surface area contributed by atoms with Crippen LogP contribution in [0.1, 0.15) is 47.0 Å². The molecule has 1 heterocycles. The Morgan fingerprint density at radius 2 is 2.20 bits per heavy atom. The summed E-state index contributed by atoms with van der Waals surface area (Å²) >= 11 is 0. The lowest BCUT2D eigenvalue weighted by Crippen LogP contribution is -2.43. The average molecular weight is 211 g/mol. The van der Waals surface area contributed by atoms with Crippen LogP contribution in [0.5, 0.6) is 0 Å². The Hall–Kier alpha value is -0.500. The minimum Gasteiger partial charge on any atom is -0.497 e. The fourth-order valence-electron chi connectivity index (χ4n) is 1.90. The largest absolute Gasteiger partial charge is 0.497 e. The minimum absolute atomic E-state index is 0.221. The summed E-state index contributed by atoms with van der Waals surface area (Å²) in [6.45, 7) is 10.9. The molecule has 0 aromatic heterocycles. The molecule has 0 aromatic rings. The highest BCUT2D eigenvalue weighted by molar-refractivity contribution is 5.09. The van der Waals surface area contributed by atoms with Gasteiger partial charge in [-0.1, -0.05) is 27.7 Å². The summed E-state index contributed by atoms with van der Waals surface area (Å²) in [5.74, 6) is 1.15. The van der Waals surface area contributed by atoms with Crippen molar-refractivity contribution < 1.29 is 4.74 Å². The minimum atomic E-state index is 0.221. The van der Waals surface area contributed by atoms with Gasteiger partial charge in [-0.05, 0) is 37.3 Å². The molecule has 0 aromatic carbocycles. The third-order valence-corrected chi connectivity index (χ3v) is 2.71. The monoisotopic (exact) mass is 211 g/mol. The van der Waals surface area contributed by atoms with Crippen LogP contribution in [0, 0.1) is 5.41 Å². The molecule has 0 aliphatic carbocycles. The summed E-state index contributed by atoms with van der Waals surface area (Å²) in [6.07, 6.45) is 5.74. The van der Waals surface area contributed by atoms with Gasteiger partial charge in [0.25, 0.3) is 0 Å². The zero-order chi connectivity index (χ0) is 11.3. The molecular weight excluding hydrogens is 186 g/mol. The van der Waals surface area contributed by atoms with Crippen LogP contribution >= 0.6 is 0 Å². The van der Waals surface area contributed by atoms with Gasteiger partial charge in [0.05, 0.1) is 12.6 Å². The van der Waals surface area contributed by atoms with Gasteiger partial charge in [0.2, 0.25) is 0 Å². The first-order chi connectivity index (χ1) is 7.05. The molecule has 1 unspecified atom stereocenters. The van der Waals surface area contributed by atoms with E-state index in [0.717, 1.165) is 31.8 Å². The second-order valence-electron chi connectivity index (χ2n) is 5.35. The lowest BCUT2D eigenvalue weighted by atomic mass is 9.84. The van der Waals surface area contributed by atoms with Gasteiger partial charge < -0.3 is 10.1 Å². The first-order valence-corrected chi connectivity index (χ1v) is 6.12. The van der Waals surface area contributed by atoms with Gasteiger partial charge in [-0.2, -0.15) is 0 Å². The summed E-state index contributed by atoms with van der Waals surface area (Å²) in [6, 6.07) is 0.359. The molecule has 1 N–H and O–H groups in total. The molecule has 88 valence electrons. The smallest absolute Gasteiger partial charge is 0.109 e. The Kier molecular flexibility index (Phi) is 4.65. The zero-order valence-electron chi connectivity index (χ0n) is 10.6. The van der Waals surface area contributed by atoms with E-state index in [1.165, 1.54) is 6.42 Å². The third kappa shape index (κ3) is 3.86. The highest BCUT2D eigenvalue weighted by atomic mass is 16.5. The van der Waals surface area contributed by atoms with Gasteiger partial charge in [-0.15, -0.1) is 0 Å². The van der Waals surface area contributed by atoms with Gasteiger partial charge in [-0.3, -0.25) is 0 Å². The summed E-state index contributed by atoms with van der Waals surface area (Å²) in [5.41, 5.74) is 0.221. The van der Waals surface area contributed by atoms with Gasteiger partial charge >= 0.3 is 0 Å². The van der Waals surface area contributed by atoms with E-state index in [0.29, 0.717) is 6.04 Å². The van der Waals surface area contributed by atoms with E-state index in [-0.39, 0.29) is 5.41 Å². The Morgan fingerprint density at radius 1 is 1.47 bits per heavy atom. The van der Waals surface area contributed by atoms with Gasteiger partial charge in [0.15, 0.2) is 0 Å². The highest BCUT2D eigenvalue weighted by Gasteiger charge is 2.29. The summed E-state index contributed by atoms with van der Waals surface area (Å²) in [7, 11) is 0. The normalized spacial score (nSPS) is 19.3. The molecule has 0 saturated heterocycles. The fraction of sp³-hybridized carbons (Fsp3) is 0.846. The van der Waals surface area contributed by atoms with Crippen molar-refractivity contribution in [2.75, 3.05) is 13.2 Å². The van der Waals surface area contributed by atoms with E-state index in [9.17, 15) is 0 Å². The molecule has 0 spiro atoms. The van der Waals surface area contributed by atoms with Crippen LogP contribution in [-0.4, -0.2) is 19.2 Å². The maximum absolute atomic E-state index is 5.76. The molecule has 0 amide bonds. The van der Waals surface area contributed by atoms with Crippen LogP contribution in [-0.2, 0) is 4.74 Å². The van der Waals surface area contributed by atoms with Crippen LogP contribution in [0.4, 0.5) is 0 Å². The summed E-state index contributed by atoms with van der Waals surface area (Å²) in [5, 5.41) is 3.59. The molecule has 15 heavy (non-hydrogen) atoms. The van der Waals surface area contributed by atoms with Crippen LogP contribution in [0.25, 0.3) is 0 Å². The van der Waals surface area contributed by atoms with E-state index in [1.54, 1.807) is 0 Å². The Bertz CT molecular complexity index is 215. The Balaban J connectivity index is 2.66. The second kappa shape index (κ2) is 5.55. The number of rotatable bonds is 4. The van der Waals surface area contributed by atoms with Crippen molar-refractivity contribution in [3.63, 3.8) is 0 Å². The molecular formula is C13H25NO. The van der Waals surface area contributed by atoms with Crippen molar-refractivity contribution in [1.82, 2.24) is 5.32 Å². The van der Waals surface area contributed by atoms with Crippen LogP contribution < -0.4 is 5.32 Å². The van der Waals surface area contributed by atoms with Crippen molar-refractivity contribution in [2.24, 2.45) is 5.41 Å². The lowest BCUT2D eigenvalue weighted by molar-refractivity contribution is 0.132. The van der Waals surface area contributed by atoms with E-state index in [4.69, 9.17) is 4.74 Å². The zero-order valence-corrected chi connectivity index (χ0v) is 10.6. The van der Waals surface area contributed by atoms with Crippen molar-refractivity contribution in [3.8, 4) is 0 Å². The lowest BCUT2D eigenvalue weighted by Gasteiger charge is -2.34. The van der Waals surface area contributed by atoms with E-state index < -0.39 is 0 Å². The predicted octanol–water partition coefficient (Wildman–Crippen LogP) is 3.10. The fourth-order valence-corrected chi connectivity index (χ4v) is 1.90. The Morgan fingerprint density at radius 3 is 2.67 bits per heavy atom. The molecule has 0 bridgehead atoms. The topological polar surface area (TPSA) is 21.3 Å². The molecule has 2 heteroatoms. The number of ether oxygens (including phenoxy) is 1. The van der Waals surface area contributed by atoms with Gasteiger partial charge in [-0.25, -0.2) is 0 Å². The standard InChI is InChI=1S/C13H25NO/c1-5-9-14-12(13(2,3)4)11-8-6-7-10-15-11/h8,12,14H,5-7,9-10H2,1-4H3. The van der Waals surface area contributed by atoms with Crippen molar-refractivity contribution in [3.05, 3.63) is 11.8 Å². The van der Waals surface area contributed by atoms with Crippen LogP contribution in [0.2, 0.25) is 0 Å². The average Bonchev–Trinajstić information content (AvgIpc) is 2.18. The Labute approximate surface area is 94.1 Å². The molecule has 1 aliphatic heterocycles. The van der Waals surface area contributed by atoms with E-state index in [1.807, 2.05) is 0 Å². The number of hydrogen-bond donors (Lipinski definition) is 1. The van der Waals surface area contributed by atoms with E-state index >= 15 is 0 Å². The third-order valence-electron chi connectivity index (χ3n) is 2.71. The molecule has 1 atom stereocenters. The molecule has 1 aliphatic rings. The first-order valence-electron chi connectivity index (χ1n) is 6.12. The summed E-state index contributed by atoms with van der Waals surface area (Å²) < 4.78 is 5.76. The quantitative estimate of drug-likeness (QED) is 0.771. The number of hydrogen-bond acceptors (Lipinski definition) is 2. The van der Waals surface area contributed by atoms with Crippen LogP contribution in [0.3, 0.4) is 0 Å². The summed E-state index contributed by atoms with van der Waals surface area (Å²) in [4.78, 5) is 0. The first kappa shape index (κ1) is 12.6. The highest BCUT2D eigenvalue weighted by Crippen LogP contribution is 2.27. The maximum Gasteiger partial charge on any atom is 0.109 e.